The molecule has 0 radical (unpaired) electrons. The maximum absolute atomic E-state index is 5.11. The molecule has 1 N–H and O–H groups in total. The Hall–Kier alpha value is -0.570. The molecule has 0 aliphatic heterocycles. The van der Waals surface area contributed by atoms with Crippen LogP contribution < -0.4 is 0 Å². The van der Waals surface area contributed by atoms with E-state index in [2.05, 4.69) is 16.5 Å². The summed E-state index contributed by atoms with van der Waals surface area (Å²) >= 11 is 5.11. The zero-order valence-electron chi connectivity index (χ0n) is 8.96. The molecule has 0 bridgehead atoms. The predicted octanol–water partition coefficient (Wildman–Crippen LogP) is 3.91. The molecule has 0 fully saturated rings. The first kappa shape index (κ1) is 11.5. The second kappa shape index (κ2) is 6.82. The highest BCUT2D eigenvalue weighted by atomic mass is 32.1. The number of aryl methyl sites for hydroxylation is 1. The van der Waals surface area contributed by atoms with Gasteiger partial charge < -0.3 is 9.55 Å². The van der Waals surface area contributed by atoms with Crippen LogP contribution in [-0.2, 0) is 6.54 Å². The second-order valence-electron chi connectivity index (χ2n) is 3.73. The zero-order chi connectivity index (χ0) is 10.2. The van der Waals surface area contributed by atoms with Gasteiger partial charge in [-0.1, -0.05) is 39.0 Å². The van der Waals surface area contributed by atoms with E-state index in [1.807, 2.05) is 12.4 Å². The van der Waals surface area contributed by atoms with E-state index < -0.39 is 0 Å². The summed E-state index contributed by atoms with van der Waals surface area (Å²) in [6.07, 6.45) is 11.9. The number of aromatic nitrogens is 2. The van der Waals surface area contributed by atoms with Crippen molar-refractivity contribution in [3.63, 3.8) is 0 Å². The first-order chi connectivity index (χ1) is 6.84. The zero-order valence-corrected chi connectivity index (χ0v) is 9.78. The number of H-pyrrole nitrogens is 1. The van der Waals surface area contributed by atoms with Gasteiger partial charge in [0.15, 0.2) is 4.77 Å². The normalized spacial score (nSPS) is 10.6. The van der Waals surface area contributed by atoms with Gasteiger partial charge in [0.1, 0.15) is 0 Å². The van der Waals surface area contributed by atoms with Crippen LogP contribution in [0.5, 0.6) is 0 Å². The average molecular weight is 212 g/mol. The molecule has 1 heterocycles. The van der Waals surface area contributed by atoms with Crippen LogP contribution >= 0.6 is 12.2 Å². The lowest BCUT2D eigenvalue weighted by molar-refractivity contribution is 0.555. The van der Waals surface area contributed by atoms with Gasteiger partial charge in [0.25, 0.3) is 0 Å². The van der Waals surface area contributed by atoms with E-state index in [1.54, 1.807) is 0 Å². The van der Waals surface area contributed by atoms with Crippen molar-refractivity contribution in [3.8, 4) is 0 Å². The van der Waals surface area contributed by atoms with E-state index in [9.17, 15) is 0 Å². The van der Waals surface area contributed by atoms with Crippen molar-refractivity contribution in [1.82, 2.24) is 9.55 Å². The largest absolute Gasteiger partial charge is 0.337 e. The standard InChI is InChI=1S/C11H20N2S/c1-2-3-4-5-6-7-9-13-10-8-12-11(13)14/h8,10H,2-7,9H2,1H3,(H,12,14). The van der Waals surface area contributed by atoms with Gasteiger partial charge in [-0.2, -0.15) is 0 Å². The number of nitrogens with zero attached hydrogens (tertiary/aromatic N) is 1. The van der Waals surface area contributed by atoms with Crippen LogP contribution in [0.1, 0.15) is 45.4 Å². The molecular formula is C11H20N2S. The number of aromatic amines is 1. The maximum atomic E-state index is 5.11. The van der Waals surface area contributed by atoms with Crippen molar-refractivity contribution in [3.05, 3.63) is 17.2 Å². The molecule has 1 aromatic heterocycles. The SMILES string of the molecule is CCCCCCCCn1cc[nH]c1=S. The Bertz CT molecular complexity index is 287. The van der Waals surface area contributed by atoms with Crippen LogP contribution in [-0.4, -0.2) is 9.55 Å². The molecule has 14 heavy (non-hydrogen) atoms. The van der Waals surface area contributed by atoms with Gasteiger partial charge in [-0.25, -0.2) is 0 Å². The number of rotatable bonds is 7. The fourth-order valence-corrected chi connectivity index (χ4v) is 1.81. The van der Waals surface area contributed by atoms with Crippen LogP contribution in [0, 0.1) is 4.77 Å². The monoisotopic (exact) mass is 212 g/mol. The van der Waals surface area contributed by atoms with Crippen LogP contribution in [0.25, 0.3) is 0 Å². The van der Waals surface area contributed by atoms with Crippen molar-refractivity contribution >= 4 is 12.2 Å². The Kier molecular flexibility index (Phi) is 5.60. The van der Waals surface area contributed by atoms with Gasteiger partial charge in [0.2, 0.25) is 0 Å². The third-order valence-corrected chi connectivity index (χ3v) is 2.83. The number of unbranched alkanes of at least 4 members (excludes halogenated alkanes) is 5. The molecule has 0 unspecified atom stereocenters. The fourth-order valence-electron chi connectivity index (χ4n) is 1.59. The molecule has 0 amide bonds. The van der Waals surface area contributed by atoms with E-state index in [1.165, 1.54) is 38.5 Å². The second-order valence-corrected chi connectivity index (χ2v) is 4.11. The molecule has 1 aromatic rings. The highest BCUT2D eigenvalue weighted by Crippen LogP contribution is 2.06. The van der Waals surface area contributed by atoms with Crippen molar-refractivity contribution in [2.24, 2.45) is 0 Å². The Morgan fingerprint density at radius 3 is 2.57 bits per heavy atom. The number of hydrogen-bond acceptors (Lipinski definition) is 1. The van der Waals surface area contributed by atoms with Crippen LogP contribution in [0.2, 0.25) is 0 Å². The minimum Gasteiger partial charge on any atom is -0.337 e. The van der Waals surface area contributed by atoms with Gasteiger partial charge in [0.05, 0.1) is 0 Å². The van der Waals surface area contributed by atoms with Crippen molar-refractivity contribution in [2.75, 3.05) is 0 Å². The summed E-state index contributed by atoms with van der Waals surface area (Å²) in [5, 5.41) is 0. The minimum absolute atomic E-state index is 0.846. The summed E-state index contributed by atoms with van der Waals surface area (Å²) in [4.78, 5) is 3.01. The lowest BCUT2D eigenvalue weighted by Crippen LogP contribution is -1.96. The Morgan fingerprint density at radius 2 is 1.93 bits per heavy atom. The van der Waals surface area contributed by atoms with Crippen molar-refractivity contribution in [1.29, 1.82) is 0 Å². The van der Waals surface area contributed by atoms with Gasteiger partial charge in [-0.15, -0.1) is 0 Å². The Balaban J connectivity index is 2.05. The molecule has 0 saturated carbocycles. The number of imidazole rings is 1. The molecule has 3 heteroatoms. The minimum atomic E-state index is 0.846. The highest BCUT2D eigenvalue weighted by molar-refractivity contribution is 7.71. The average Bonchev–Trinajstić information content (AvgIpc) is 2.58. The molecule has 0 aliphatic rings. The van der Waals surface area contributed by atoms with Gasteiger partial charge in [-0.05, 0) is 18.6 Å². The van der Waals surface area contributed by atoms with Crippen molar-refractivity contribution in [2.45, 2.75) is 52.0 Å². The van der Waals surface area contributed by atoms with E-state index in [-0.39, 0.29) is 0 Å². The predicted molar refractivity (Wildman–Crippen MR) is 63.0 cm³/mol. The summed E-state index contributed by atoms with van der Waals surface area (Å²) in [5.74, 6) is 0. The van der Waals surface area contributed by atoms with Gasteiger partial charge >= 0.3 is 0 Å². The molecule has 0 atom stereocenters. The lowest BCUT2D eigenvalue weighted by Gasteiger charge is -2.02. The molecule has 0 aliphatic carbocycles. The third-order valence-electron chi connectivity index (χ3n) is 2.47. The van der Waals surface area contributed by atoms with Crippen LogP contribution in [0.4, 0.5) is 0 Å². The summed E-state index contributed by atoms with van der Waals surface area (Å²) in [5.41, 5.74) is 0. The molecule has 1 rings (SSSR count). The molecule has 2 nitrogen and oxygen atoms in total. The highest BCUT2D eigenvalue weighted by Gasteiger charge is 1.93. The quantitative estimate of drug-likeness (QED) is 0.537. The van der Waals surface area contributed by atoms with E-state index in [0.29, 0.717) is 0 Å². The molecule has 0 spiro atoms. The third kappa shape index (κ3) is 4.09. The summed E-state index contributed by atoms with van der Waals surface area (Å²) in [7, 11) is 0. The van der Waals surface area contributed by atoms with Gasteiger partial charge in [-0.3, -0.25) is 0 Å². The first-order valence-corrected chi connectivity index (χ1v) is 5.99. The van der Waals surface area contributed by atoms with Crippen LogP contribution in [0.3, 0.4) is 0 Å². The van der Waals surface area contributed by atoms with Gasteiger partial charge in [0, 0.05) is 18.9 Å². The fraction of sp³-hybridized carbons (Fsp3) is 0.727. The molecular weight excluding hydrogens is 192 g/mol. The Labute approximate surface area is 91.3 Å². The maximum Gasteiger partial charge on any atom is 0.177 e. The summed E-state index contributed by atoms with van der Waals surface area (Å²) in [6.45, 7) is 3.31. The molecule has 80 valence electrons. The smallest absolute Gasteiger partial charge is 0.177 e. The Morgan fingerprint density at radius 1 is 1.21 bits per heavy atom. The number of hydrogen-bond donors (Lipinski definition) is 1. The summed E-state index contributed by atoms with van der Waals surface area (Å²) < 4.78 is 2.95. The van der Waals surface area contributed by atoms with E-state index in [0.717, 1.165) is 11.3 Å². The van der Waals surface area contributed by atoms with E-state index in [4.69, 9.17) is 12.2 Å². The molecule has 0 saturated heterocycles. The van der Waals surface area contributed by atoms with E-state index >= 15 is 0 Å². The number of nitrogens with one attached hydrogen (secondary N) is 1. The van der Waals surface area contributed by atoms with Crippen molar-refractivity contribution < 1.29 is 0 Å². The van der Waals surface area contributed by atoms with Crippen LogP contribution in [0.15, 0.2) is 12.4 Å². The lowest BCUT2D eigenvalue weighted by atomic mass is 10.1. The summed E-state index contributed by atoms with van der Waals surface area (Å²) in [6, 6.07) is 0. The molecule has 0 aromatic carbocycles. The first-order valence-electron chi connectivity index (χ1n) is 5.58. The topological polar surface area (TPSA) is 20.7 Å².